The summed E-state index contributed by atoms with van der Waals surface area (Å²) in [5, 5.41) is 10.3. The molecule has 1 heterocycles. The Balaban J connectivity index is 2.27. The zero-order chi connectivity index (χ0) is 13.7. The highest BCUT2D eigenvalue weighted by molar-refractivity contribution is 7.92. The van der Waals surface area contributed by atoms with Crippen LogP contribution in [0.25, 0.3) is 0 Å². The quantitative estimate of drug-likeness (QED) is 0.852. The Bertz CT molecular complexity index is 644. The van der Waals surface area contributed by atoms with Gasteiger partial charge in [0.2, 0.25) is 0 Å². The Hall–Kier alpha value is -1.99. The van der Waals surface area contributed by atoms with Crippen molar-refractivity contribution < 1.29 is 8.42 Å². The molecule has 1 aromatic carbocycles. The summed E-state index contributed by atoms with van der Waals surface area (Å²) in [6, 6.07) is 9.88. The molecule has 100 valence electrons. The molecule has 1 aromatic heterocycles. The van der Waals surface area contributed by atoms with Crippen LogP contribution in [0.2, 0.25) is 0 Å². The standard InChI is InChI=1S/C12H14N4O2S/c1-13-9-10-4-2-5-11(8-10)19(17,18)16-12-6-3-7-14-15-12/h2-8,13H,9H2,1H3,(H,15,16). The summed E-state index contributed by atoms with van der Waals surface area (Å²) in [7, 11) is -1.83. The lowest BCUT2D eigenvalue weighted by Gasteiger charge is -2.08. The van der Waals surface area contributed by atoms with Crippen LogP contribution in [0.3, 0.4) is 0 Å². The maximum absolute atomic E-state index is 12.2. The van der Waals surface area contributed by atoms with E-state index in [2.05, 4.69) is 20.2 Å². The number of hydrogen-bond acceptors (Lipinski definition) is 5. The highest BCUT2D eigenvalue weighted by Gasteiger charge is 2.15. The molecule has 0 spiro atoms. The smallest absolute Gasteiger partial charge is 0.263 e. The van der Waals surface area contributed by atoms with Crippen LogP contribution in [-0.2, 0) is 16.6 Å². The van der Waals surface area contributed by atoms with Crippen LogP contribution in [0.4, 0.5) is 5.82 Å². The van der Waals surface area contributed by atoms with Crippen LogP contribution in [0.5, 0.6) is 0 Å². The number of hydrogen-bond donors (Lipinski definition) is 2. The summed E-state index contributed by atoms with van der Waals surface area (Å²) in [4.78, 5) is 0.200. The molecule has 0 aliphatic carbocycles. The minimum atomic E-state index is -3.63. The average molecular weight is 278 g/mol. The SMILES string of the molecule is CNCc1cccc(S(=O)(=O)Nc2cccnn2)c1. The van der Waals surface area contributed by atoms with E-state index in [1.165, 1.54) is 12.3 Å². The van der Waals surface area contributed by atoms with Gasteiger partial charge in [0.25, 0.3) is 10.0 Å². The van der Waals surface area contributed by atoms with E-state index < -0.39 is 10.0 Å². The first-order valence-corrected chi connectivity index (χ1v) is 7.14. The Morgan fingerprint density at radius 3 is 2.74 bits per heavy atom. The molecular weight excluding hydrogens is 264 g/mol. The van der Waals surface area contributed by atoms with Crippen LogP contribution in [-0.4, -0.2) is 25.7 Å². The molecule has 0 amide bonds. The predicted octanol–water partition coefficient (Wildman–Crippen LogP) is 0.997. The lowest BCUT2D eigenvalue weighted by Crippen LogP contribution is -2.15. The third-order valence-corrected chi connectivity index (χ3v) is 3.75. The highest BCUT2D eigenvalue weighted by atomic mass is 32.2. The summed E-state index contributed by atoms with van der Waals surface area (Å²) in [6.45, 7) is 0.606. The summed E-state index contributed by atoms with van der Waals surface area (Å²) < 4.78 is 26.7. The van der Waals surface area contributed by atoms with E-state index in [1.54, 1.807) is 31.3 Å². The van der Waals surface area contributed by atoms with Crippen molar-refractivity contribution in [3.8, 4) is 0 Å². The van der Waals surface area contributed by atoms with E-state index in [0.717, 1.165) is 5.56 Å². The molecule has 0 aliphatic heterocycles. The minimum absolute atomic E-state index is 0.196. The normalized spacial score (nSPS) is 11.2. The lowest BCUT2D eigenvalue weighted by molar-refractivity contribution is 0.600. The molecule has 0 saturated heterocycles. The van der Waals surface area contributed by atoms with Gasteiger partial charge in [-0.2, -0.15) is 5.10 Å². The second kappa shape index (κ2) is 5.77. The van der Waals surface area contributed by atoms with Gasteiger partial charge in [0.05, 0.1) is 4.90 Å². The fraction of sp³-hybridized carbons (Fsp3) is 0.167. The Kier molecular flexibility index (Phi) is 4.08. The summed E-state index contributed by atoms with van der Waals surface area (Å²) in [6.07, 6.45) is 1.48. The van der Waals surface area contributed by atoms with Gasteiger partial charge in [-0.3, -0.25) is 4.72 Å². The molecule has 0 aliphatic rings. The van der Waals surface area contributed by atoms with Crippen LogP contribution in [0.1, 0.15) is 5.56 Å². The van der Waals surface area contributed by atoms with E-state index in [0.29, 0.717) is 6.54 Å². The molecule has 19 heavy (non-hydrogen) atoms. The number of rotatable bonds is 5. The molecular formula is C12H14N4O2S. The first kappa shape index (κ1) is 13.4. The summed E-state index contributed by atoms with van der Waals surface area (Å²) in [5.74, 6) is 0.196. The number of sulfonamides is 1. The largest absolute Gasteiger partial charge is 0.316 e. The van der Waals surface area contributed by atoms with Gasteiger partial charge in [0.15, 0.2) is 5.82 Å². The third kappa shape index (κ3) is 3.49. The first-order chi connectivity index (χ1) is 9.12. The van der Waals surface area contributed by atoms with Gasteiger partial charge in [-0.1, -0.05) is 12.1 Å². The minimum Gasteiger partial charge on any atom is -0.316 e. The van der Waals surface area contributed by atoms with E-state index in [4.69, 9.17) is 0 Å². The number of nitrogens with one attached hydrogen (secondary N) is 2. The fourth-order valence-electron chi connectivity index (χ4n) is 1.58. The van der Waals surface area contributed by atoms with Crippen LogP contribution in [0, 0.1) is 0 Å². The van der Waals surface area contributed by atoms with Gasteiger partial charge in [0, 0.05) is 12.7 Å². The molecule has 0 unspecified atom stereocenters. The van der Waals surface area contributed by atoms with Crippen molar-refractivity contribution in [2.45, 2.75) is 11.4 Å². The van der Waals surface area contributed by atoms with Gasteiger partial charge in [-0.15, -0.1) is 5.10 Å². The second-order valence-corrected chi connectivity index (χ2v) is 5.57. The predicted molar refractivity (Wildman–Crippen MR) is 72.0 cm³/mol. The molecule has 2 rings (SSSR count). The molecule has 7 heteroatoms. The van der Waals surface area contributed by atoms with E-state index in [-0.39, 0.29) is 10.7 Å². The van der Waals surface area contributed by atoms with Crippen LogP contribution in [0.15, 0.2) is 47.5 Å². The molecule has 2 N–H and O–H groups in total. The molecule has 0 bridgehead atoms. The Morgan fingerprint density at radius 2 is 2.05 bits per heavy atom. The van der Waals surface area contributed by atoms with E-state index >= 15 is 0 Å². The molecule has 0 atom stereocenters. The molecule has 2 aromatic rings. The number of nitrogens with zero attached hydrogens (tertiary/aromatic N) is 2. The fourth-order valence-corrected chi connectivity index (χ4v) is 2.65. The molecule has 6 nitrogen and oxygen atoms in total. The van der Waals surface area contributed by atoms with E-state index in [9.17, 15) is 8.42 Å². The van der Waals surface area contributed by atoms with Gasteiger partial charge in [-0.05, 0) is 36.9 Å². The van der Waals surface area contributed by atoms with E-state index in [1.807, 2.05) is 6.07 Å². The van der Waals surface area contributed by atoms with Gasteiger partial charge < -0.3 is 5.32 Å². The zero-order valence-electron chi connectivity index (χ0n) is 10.4. The lowest BCUT2D eigenvalue weighted by atomic mass is 10.2. The average Bonchev–Trinajstić information content (AvgIpc) is 2.40. The van der Waals surface area contributed by atoms with Crippen LogP contribution < -0.4 is 10.0 Å². The van der Waals surface area contributed by atoms with Gasteiger partial charge >= 0.3 is 0 Å². The molecule has 0 radical (unpaired) electrons. The zero-order valence-corrected chi connectivity index (χ0v) is 11.2. The Labute approximate surface area is 111 Å². The van der Waals surface area contributed by atoms with Crippen molar-refractivity contribution in [1.82, 2.24) is 15.5 Å². The summed E-state index contributed by atoms with van der Waals surface area (Å²) >= 11 is 0. The topological polar surface area (TPSA) is 84.0 Å². The van der Waals surface area contributed by atoms with Crippen LogP contribution >= 0.6 is 0 Å². The first-order valence-electron chi connectivity index (χ1n) is 5.66. The van der Waals surface area contributed by atoms with Crippen molar-refractivity contribution in [1.29, 1.82) is 0 Å². The van der Waals surface area contributed by atoms with Crippen molar-refractivity contribution in [3.63, 3.8) is 0 Å². The van der Waals surface area contributed by atoms with Crippen molar-refractivity contribution in [2.24, 2.45) is 0 Å². The van der Waals surface area contributed by atoms with Crippen molar-refractivity contribution in [3.05, 3.63) is 48.2 Å². The molecule has 0 fully saturated rings. The second-order valence-electron chi connectivity index (χ2n) is 3.89. The van der Waals surface area contributed by atoms with Crippen molar-refractivity contribution >= 4 is 15.8 Å². The summed E-state index contributed by atoms with van der Waals surface area (Å²) in [5.41, 5.74) is 0.893. The van der Waals surface area contributed by atoms with Gasteiger partial charge in [-0.25, -0.2) is 8.42 Å². The van der Waals surface area contributed by atoms with Crippen molar-refractivity contribution in [2.75, 3.05) is 11.8 Å². The third-order valence-electron chi connectivity index (χ3n) is 2.40. The maximum atomic E-state index is 12.2. The number of benzene rings is 1. The van der Waals surface area contributed by atoms with Gasteiger partial charge in [0.1, 0.15) is 0 Å². The highest BCUT2D eigenvalue weighted by Crippen LogP contribution is 2.15. The monoisotopic (exact) mass is 278 g/mol. The Morgan fingerprint density at radius 1 is 1.21 bits per heavy atom. The number of aromatic nitrogens is 2. The molecule has 0 saturated carbocycles. The number of anilines is 1. The maximum Gasteiger partial charge on any atom is 0.263 e.